The molecule has 0 saturated carbocycles. The summed E-state index contributed by atoms with van der Waals surface area (Å²) in [4.78, 5) is 13.4. The number of nitrogens with zero attached hydrogens (tertiary/aromatic N) is 1. The number of methoxy groups -OCH3 is 1. The zero-order valence-electron chi connectivity index (χ0n) is 12.4. The molecule has 5 nitrogen and oxygen atoms in total. The molecule has 21 heavy (non-hydrogen) atoms. The number of ether oxygens (including phenoxy) is 2. The Labute approximate surface area is 130 Å². The molecule has 0 bridgehead atoms. The summed E-state index contributed by atoms with van der Waals surface area (Å²) in [6.45, 7) is 3.61. The van der Waals surface area contributed by atoms with Crippen LogP contribution in [-0.4, -0.2) is 43.8 Å². The third-order valence-electron chi connectivity index (χ3n) is 3.55. The van der Waals surface area contributed by atoms with E-state index in [1.165, 1.54) is 0 Å². The summed E-state index contributed by atoms with van der Waals surface area (Å²) in [6.07, 6.45) is 1.51. The molecule has 116 valence electrons. The molecule has 0 radical (unpaired) electrons. The van der Waals surface area contributed by atoms with E-state index >= 15 is 0 Å². The maximum atomic E-state index is 11.6. The molecule has 1 heterocycles. The van der Waals surface area contributed by atoms with Crippen molar-refractivity contribution in [3.63, 3.8) is 0 Å². The van der Waals surface area contributed by atoms with Gasteiger partial charge in [-0.2, -0.15) is 0 Å². The molecule has 0 aromatic heterocycles. The average molecular weight is 313 g/mol. The van der Waals surface area contributed by atoms with Crippen molar-refractivity contribution < 1.29 is 14.3 Å². The van der Waals surface area contributed by atoms with Crippen molar-refractivity contribution in [3.8, 4) is 5.75 Å². The van der Waals surface area contributed by atoms with Gasteiger partial charge >= 0.3 is 6.09 Å². The summed E-state index contributed by atoms with van der Waals surface area (Å²) in [5.74, 6) is 0.769. The summed E-state index contributed by atoms with van der Waals surface area (Å²) < 4.78 is 10.2. The number of likely N-dealkylation sites (tertiary alicyclic amines) is 1. The second kappa shape index (κ2) is 7.41. The minimum atomic E-state index is -0.227. The average Bonchev–Trinajstić information content (AvgIpc) is 2.50. The van der Waals surface area contributed by atoms with Gasteiger partial charge in [-0.15, -0.1) is 0 Å². The highest BCUT2D eigenvalue weighted by molar-refractivity contribution is 6.33. The van der Waals surface area contributed by atoms with Crippen LogP contribution in [0.3, 0.4) is 0 Å². The Morgan fingerprint density at radius 2 is 2.14 bits per heavy atom. The van der Waals surface area contributed by atoms with Gasteiger partial charge in [0.1, 0.15) is 5.75 Å². The molecule has 0 aliphatic carbocycles. The number of piperidine rings is 1. The first-order valence-corrected chi connectivity index (χ1v) is 7.53. The Morgan fingerprint density at radius 1 is 1.43 bits per heavy atom. The third kappa shape index (κ3) is 4.17. The summed E-state index contributed by atoms with van der Waals surface area (Å²) in [5, 5.41) is 4.09. The van der Waals surface area contributed by atoms with Crippen LogP contribution in [-0.2, 0) is 4.74 Å². The van der Waals surface area contributed by atoms with Crippen molar-refractivity contribution >= 4 is 23.4 Å². The van der Waals surface area contributed by atoms with Gasteiger partial charge in [-0.05, 0) is 31.9 Å². The SMILES string of the molecule is CCOC(=O)N1CCC(Nc2cc(OC)ccc2Cl)CC1. The van der Waals surface area contributed by atoms with Crippen LogP contribution in [0, 0.1) is 0 Å². The topological polar surface area (TPSA) is 50.8 Å². The van der Waals surface area contributed by atoms with Gasteiger partial charge < -0.3 is 19.7 Å². The lowest BCUT2D eigenvalue weighted by molar-refractivity contribution is 0.0983. The molecule has 1 amide bonds. The molecule has 1 aliphatic heterocycles. The fourth-order valence-electron chi connectivity index (χ4n) is 2.38. The van der Waals surface area contributed by atoms with Crippen molar-refractivity contribution in [2.45, 2.75) is 25.8 Å². The van der Waals surface area contributed by atoms with Gasteiger partial charge in [0.15, 0.2) is 0 Å². The molecule has 1 saturated heterocycles. The van der Waals surface area contributed by atoms with Gasteiger partial charge in [-0.3, -0.25) is 0 Å². The van der Waals surface area contributed by atoms with E-state index < -0.39 is 0 Å². The molecule has 2 rings (SSSR count). The number of halogens is 1. The molecular weight excluding hydrogens is 292 g/mol. The molecule has 0 spiro atoms. The van der Waals surface area contributed by atoms with Crippen molar-refractivity contribution in [2.75, 3.05) is 32.1 Å². The van der Waals surface area contributed by atoms with E-state index in [0.29, 0.717) is 30.8 Å². The van der Waals surface area contributed by atoms with Crippen LogP contribution in [0.5, 0.6) is 5.75 Å². The highest BCUT2D eigenvalue weighted by Gasteiger charge is 2.23. The minimum absolute atomic E-state index is 0.227. The van der Waals surface area contributed by atoms with Crippen LogP contribution in [0.15, 0.2) is 18.2 Å². The molecule has 1 N–H and O–H groups in total. The predicted molar refractivity (Wildman–Crippen MR) is 83.2 cm³/mol. The van der Waals surface area contributed by atoms with Gasteiger partial charge in [0.05, 0.1) is 24.4 Å². The van der Waals surface area contributed by atoms with Crippen LogP contribution in [0.2, 0.25) is 5.02 Å². The Hall–Kier alpha value is -1.62. The second-order valence-electron chi connectivity index (χ2n) is 4.95. The number of amides is 1. The quantitative estimate of drug-likeness (QED) is 0.926. The molecule has 0 unspecified atom stereocenters. The maximum absolute atomic E-state index is 11.6. The zero-order valence-corrected chi connectivity index (χ0v) is 13.2. The number of benzene rings is 1. The van der Waals surface area contributed by atoms with E-state index in [0.717, 1.165) is 24.3 Å². The van der Waals surface area contributed by atoms with Crippen molar-refractivity contribution in [2.24, 2.45) is 0 Å². The van der Waals surface area contributed by atoms with E-state index in [-0.39, 0.29) is 6.09 Å². The monoisotopic (exact) mass is 312 g/mol. The van der Waals surface area contributed by atoms with Gasteiger partial charge in [0, 0.05) is 25.2 Å². The van der Waals surface area contributed by atoms with Gasteiger partial charge in [0.25, 0.3) is 0 Å². The molecule has 1 aliphatic rings. The van der Waals surface area contributed by atoms with Crippen molar-refractivity contribution in [1.29, 1.82) is 0 Å². The summed E-state index contributed by atoms with van der Waals surface area (Å²) in [5.41, 5.74) is 0.866. The number of rotatable bonds is 4. The third-order valence-corrected chi connectivity index (χ3v) is 3.88. The van der Waals surface area contributed by atoms with Crippen LogP contribution < -0.4 is 10.1 Å². The number of carbonyl (C=O) groups is 1. The van der Waals surface area contributed by atoms with Gasteiger partial charge in [0.2, 0.25) is 0 Å². The lowest BCUT2D eigenvalue weighted by Crippen LogP contribution is -2.42. The number of nitrogens with one attached hydrogen (secondary N) is 1. The number of anilines is 1. The highest BCUT2D eigenvalue weighted by atomic mass is 35.5. The number of carbonyl (C=O) groups excluding carboxylic acids is 1. The molecule has 0 atom stereocenters. The number of hydrogen-bond donors (Lipinski definition) is 1. The largest absolute Gasteiger partial charge is 0.497 e. The van der Waals surface area contributed by atoms with Gasteiger partial charge in [-0.1, -0.05) is 11.6 Å². The first kappa shape index (κ1) is 15.8. The second-order valence-corrected chi connectivity index (χ2v) is 5.36. The van der Waals surface area contributed by atoms with Crippen LogP contribution in [0.25, 0.3) is 0 Å². The Morgan fingerprint density at radius 3 is 2.76 bits per heavy atom. The molecular formula is C15H21ClN2O3. The lowest BCUT2D eigenvalue weighted by Gasteiger charge is -2.32. The van der Waals surface area contributed by atoms with Crippen LogP contribution in [0.4, 0.5) is 10.5 Å². The fourth-order valence-corrected chi connectivity index (χ4v) is 2.56. The summed E-state index contributed by atoms with van der Waals surface area (Å²) in [6, 6.07) is 5.83. The summed E-state index contributed by atoms with van der Waals surface area (Å²) in [7, 11) is 1.63. The standard InChI is InChI=1S/C15H21ClN2O3/c1-3-21-15(19)18-8-6-11(7-9-18)17-14-10-12(20-2)4-5-13(14)16/h4-5,10-11,17H,3,6-9H2,1-2H3. The van der Waals surface area contributed by atoms with Crippen LogP contribution >= 0.6 is 11.6 Å². The fraction of sp³-hybridized carbons (Fsp3) is 0.533. The molecule has 1 aromatic rings. The van der Waals surface area contributed by atoms with E-state index in [4.69, 9.17) is 21.1 Å². The van der Waals surface area contributed by atoms with E-state index in [1.807, 2.05) is 25.1 Å². The highest BCUT2D eigenvalue weighted by Crippen LogP contribution is 2.28. The van der Waals surface area contributed by atoms with E-state index in [2.05, 4.69) is 5.32 Å². The Balaban J connectivity index is 1.90. The van der Waals surface area contributed by atoms with Gasteiger partial charge in [-0.25, -0.2) is 4.79 Å². The lowest BCUT2D eigenvalue weighted by atomic mass is 10.0. The Kier molecular flexibility index (Phi) is 5.56. The molecule has 1 fully saturated rings. The predicted octanol–water partition coefficient (Wildman–Crippen LogP) is 3.38. The van der Waals surface area contributed by atoms with Crippen LogP contribution in [0.1, 0.15) is 19.8 Å². The molecule has 6 heteroatoms. The maximum Gasteiger partial charge on any atom is 0.409 e. The van der Waals surface area contributed by atoms with Crippen molar-refractivity contribution in [3.05, 3.63) is 23.2 Å². The normalized spacial score (nSPS) is 15.7. The first-order valence-electron chi connectivity index (χ1n) is 7.15. The first-order chi connectivity index (χ1) is 10.1. The molecule has 1 aromatic carbocycles. The number of hydrogen-bond acceptors (Lipinski definition) is 4. The minimum Gasteiger partial charge on any atom is -0.497 e. The Bertz CT molecular complexity index is 488. The van der Waals surface area contributed by atoms with E-state index in [9.17, 15) is 4.79 Å². The summed E-state index contributed by atoms with van der Waals surface area (Å²) >= 11 is 6.19. The van der Waals surface area contributed by atoms with E-state index in [1.54, 1.807) is 12.0 Å². The van der Waals surface area contributed by atoms with Crippen molar-refractivity contribution in [1.82, 2.24) is 4.90 Å². The smallest absolute Gasteiger partial charge is 0.409 e. The zero-order chi connectivity index (χ0) is 15.2.